The Morgan fingerprint density at radius 2 is 2.06 bits per heavy atom. The predicted octanol–water partition coefficient (Wildman–Crippen LogP) is 5.12. The van der Waals surface area contributed by atoms with Gasteiger partial charge in [0.2, 0.25) is 0 Å². The van der Waals surface area contributed by atoms with E-state index >= 15 is 0 Å². The van der Waals surface area contributed by atoms with Crippen LogP contribution in [0.1, 0.15) is 65.2 Å². The molecule has 4 aliphatic rings. The summed E-state index contributed by atoms with van der Waals surface area (Å²) in [5.74, 6) is 1.78. The van der Waals surface area contributed by atoms with E-state index in [1.807, 2.05) is 0 Å². The van der Waals surface area contributed by atoms with E-state index < -0.39 is 24.7 Å². The molecule has 7 atom stereocenters. The molecule has 3 saturated carbocycles. The minimum Gasteiger partial charge on any atom is -0.393 e. The Morgan fingerprint density at radius 1 is 1.26 bits per heavy atom. The molecule has 1 heterocycles. The highest BCUT2D eigenvalue weighted by molar-refractivity contribution is 5.38. The molecule has 4 nitrogen and oxygen atoms in total. The largest absolute Gasteiger partial charge is 0.393 e. The van der Waals surface area contributed by atoms with E-state index in [2.05, 4.69) is 37.5 Å². The Labute approximate surface area is 203 Å². The first-order valence-corrected chi connectivity index (χ1v) is 13.3. The highest BCUT2D eigenvalue weighted by Crippen LogP contribution is 2.59. The Kier molecular flexibility index (Phi) is 8.33. The topological polar surface area (TPSA) is 52.9 Å². The molecular weight excluding hydrogens is 436 g/mol. The van der Waals surface area contributed by atoms with Crippen molar-refractivity contribution >= 4 is 0 Å². The molecule has 0 amide bonds. The van der Waals surface area contributed by atoms with Crippen LogP contribution in [0.2, 0.25) is 0 Å². The zero-order valence-corrected chi connectivity index (χ0v) is 20.9. The van der Waals surface area contributed by atoms with Crippen molar-refractivity contribution in [1.82, 2.24) is 4.90 Å². The highest BCUT2D eigenvalue weighted by Gasteiger charge is 2.50. The number of aliphatic hydroxyl groups excluding tert-OH is 2. The maximum Gasteiger partial charge on any atom is 0.265 e. The van der Waals surface area contributed by atoms with Crippen LogP contribution in [-0.2, 0) is 4.74 Å². The molecule has 0 bridgehead atoms. The Hall–Kier alpha value is -1.08. The smallest absolute Gasteiger partial charge is 0.265 e. The summed E-state index contributed by atoms with van der Waals surface area (Å²) in [7, 11) is 0. The maximum atomic E-state index is 13.1. The first-order chi connectivity index (χ1) is 16.2. The van der Waals surface area contributed by atoms with E-state index in [9.17, 15) is 19.0 Å². The summed E-state index contributed by atoms with van der Waals surface area (Å²) < 4.78 is 31.3. The third-order valence-corrected chi connectivity index (χ3v) is 9.35. The van der Waals surface area contributed by atoms with E-state index in [0.717, 1.165) is 37.1 Å². The molecule has 0 radical (unpaired) electrons. The van der Waals surface area contributed by atoms with Gasteiger partial charge in [0.05, 0.1) is 18.8 Å². The van der Waals surface area contributed by atoms with Crippen molar-refractivity contribution in [3.63, 3.8) is 0 Å². The van der Waals surface area contributed by atoms with Gasteiger partial charge in [-0.15, -0.1) is 0 Å². The predicted molar refractivity (Wildman–Crippen MR) is 131 cm³/mol. The second-order valence-corrected chi connectivity index (χ2v) is 11.5. The number of fused-ring (bicyclic) bond motifs is 1. The monoisotopic (exact) mass is 479 g/mol. The zero-order chi connectivity index (χ0) is 24.5. The average molecular weight is 480 g/mol. The van der Waals surface area contributed by atoms with Gasteiger partial charge in [-0.2, -0.15) is 0 Å². The molecule has 192 valence electrons. The highest BCUT2D eigenvalue weighted by atomic mass is 19.3. The molecule has 0 spiro atoms. The van der Waals surface area contributed by atoms with Gasteiger partial charge in [-0.3, -0.25) is 4.90 Å². The number of allylic oxidation sites excluding steroid dienone is 3. The summed E-state index contributed by atoms with van der Waals surface area (Å²) in [6.45, 7) is 11.2. The summed E-state index contributed by atoms with van der Waals surface area (Å²) >= 11 is 0. The third-order valence-electron chi connectivity index (χ3n) is 9.35. The Morgan fingerprint density at radius 3 is 2.82 bits per heavy atom. The summed E-state index contributed by atoms with van der Waals surface area (Å²) in [5.41, 5.74) is 3.50. The normalized spacial score (nSPS) is 40.8. The number of alkyl halides is 2. The number of hydrogen-bond acceptors (Lipinski definition) is 4. The molecule has 34 heavy (non-hydrogen) atoms. The number of morpholine rings is 1. The summed E-state index contributed by atoms with van der Waals surface area (Å²) in [6.07, 6.45) is 7.83. The lowest BCUT2D eigenvalue weighted by Crippen LogP contribution is -2.46. The first-order valence-electron chi connectivity index (χ1n) is 13.3. The molecule has 0 unspecified atom stereocenters. The van der Waals surface area contributed by atoms with Gasteiger partial charge in [-0.25, -0.2) is 8.78 Å². The van der Waals surface area contributed by atoms with Gasteiger partial charge in [0.25, 0.3) is 6.43 Å². The van der Waals surface area contributed by atoms with E-state index in [-0.39, 0.29) is 5.41 Å². The van der Waals surface area contributed by atoms with Crippen molar-refractivity contribution < 1.29 is 23.7 Å². The van der Waals surface area contributed by atoms with Gasteiger partial charge in [0, 0.05) is 19.5 Å². The fraction of sp³-hybridized carbons (Fsp3) is 0.786. The number of ether oxygens (including phenoxy) is 1. The van der Waals surface area contributed by atoms with Crippen molar-refractivity contribution in [3.8, 4) is 0 Å². The summed E-state index contributed by atoms with van der Waals surface area (Å²) in [6, 6.07) is 0. The van der Waals surface area contributed by atoms with Crippen LogP contribution in [0.5, 0.6) is 0 Å². The molecule has 2 N–H and O–H groups in total. The van der Waals surface area contributed by atoms with Crippen LogP contribution >= 0.6 is 0 Å². The van der Waals surface area contributed by atoms with Crippen LogP contribution in [0.25, 0.3) is 0 Å². The van der Waals surface area contributed by atoms with Crippen LogP contribution in [0.4, 0.5) is 8.78 Å². The van der Waals surface area contributed by atoms with Crippen LogP contribution in [-0.4, -0.2) is 66.1 Å². The first kappa shape index (κ1) is 26.0. The molecular formula is C28H43F2NO3. The second kappa shape index (κ2) is 10.9. The van der Waals surface area contributed by atoms with Crippen molar-refractivity contribution in [3.05, 3.63) is 35.5 Å². The molecule has 4 fully saturated rings. The number of rotatable bonds is 6. The third kappa shape index (κ3) is 5.50. The summed E-state index contributed by atoms with van der Waals surface area (Å²) in [5, 5.41) is 20.2. The van der Waals surface area contributed by atoms with Crippen LogP contribution in [0, 0.1) is 23.2 Å². The van der Waals surface area contributed by atoms with Gasteiger partial charge in [-0.1, -0.05) is 38.2 Å². The lowest BCUT2D eigenvalue weighted by atomic mass is 9.61. The molecule has 4 rings (SSSR count). The molecule has 1 aliphatic heterocycles. The molecule has 3 aliphatic carbocycles. The van der Waals surface area contributed by atoms with Gasteiger partial charge < -0.3 is 14.9 Å². The van der Waals surface area contributed by atoms with E-state index in [1.165, 1.54) is 31.3 Å². The SMILES string of the molecule is C=C1/C(=C\C=C2/CCC[C@]3(C)[C@@H]([C@H](C)CCN4CCO[C@@H](C(F)F)C4)CC[C@@H]23)C[C@@H](O)C[C@@H]1O. The number of hydrogen-bond donors (Lipinski definition) is 2. The van der Waals surface area contributed by atoms with Crippen LogP contribution < -0.4 is 0 Å². The van der Waals surface area contributed by atoms with Crippen molar-refractivity contribution in [2.45, 2.75) is 90.0 Å². The van der Waals surface area contributed by atoms with Crippen LogP contribution in [0.15, 0.2) is 35.5 Å². The molecule has 6 heteroatoms. The zero-order valence-electron chi connectivity index (χ0n) is 20.9. The molecule has 0 aromatic carbocycles. The van der Waals surface area contributed by atoms with Crippen LogP contribution in [0.3, 0.4) is 0 Å². The van der Waals surface area contributed by atoms with Gasteiger partial charge >= 0.3 is 0 Å². The minimum atomic E-state index is -2.41. The van der Waals surface area contributed by atoms with E-state index in [1.54, 1.807) is 0 Å². The molecule has 0 aromatic heterocycles. The van der Waals surface area contributed by atoms with Crippen molar-refractivity contribution in [1.29, 1.82) is 0 Å². The fourth-order valence-electron chi connectivity index (χ4n) is 7.35. The molecule has 1 saturated heterocycles. The Bertz CT molecular complexity index is 797. The Balaban J connectivity index is 1.39. The van der Waals surface area contributed by atoms with Gasteiger partial charge in [0.1, 0.15) is 6.10 Å². The number of halogens is 2. The van der Waals surface area contributed by atoms with E-state index in [4.69, 9.17) is 4.74 Å². The minimum absolute atomic E-state index is 0.279. The maximum absolute atomic E-state index is 13.1. The fourth-order valence-corrected chi connectivity index (χ4v) is 7.35. The van der Waals surface area contributed by atoms with Gasteiger partial charge in [-0.05, 0) is 85.8 Å². The standard InChI is InChI=1S/C28H43F2NO3/c1-18(10-12-31-13-14-34-26(17-31)27(29)30)23-8-9-24-20(5-4-11-28(23,24)3)6-7-21-15-22(32)16-25(33)19(21)2/h6-7,18,22-27,32-33H,2,4-5,8-17H2,1,3H3/b20-6+,21-7-/t18-,22-,23-,24+,25+,26-,28-/m1/s1. The quantitative estimate of drug-likeness (QED) is 0.555. The average Bonchev–Trinajstić information content (AvgIpc) is 3.16. The lowest BCUT2D eigenvalue weighted by molar-refractivity contribution is -0.103. The molecule has 0 aromatic rings. The summed E-state index contributed by atoms with van der Waals surface area (Å²) in [4.78, 5) is 2.16. The number of aliphatic hydroxyl groups is 2. The number of nitrogens with zero attached hydrogens (tertiary/aromatic N) is 1. The van der Waals surface area contributed by atoms with E-state index in [0.29, 0.717) is 43.7 Å². The van der Waals surface area contributed by atoms with Gasteiger partial charge in [0.15, 0.2) is 0 Å². The second-order valence-electron chi connectivity index (χ2n) is 11.5. The van der Waals surface area contributed by atoms with Crippen molar-refractivity contribution in [2.75, 3.05) is 26.2 Å². The lowest BCUT2D eigenvalue weighted by Gasteiger charge is -2.45. The van der Waals surface area contributed by atoms with Crippen molar-refractivity contribution in [2.24, 2.45) is 23.2 Å².